The van der Waals surface area contributed by atoms with Crippen LogP contribution in [0.15, 0.2) is 24.3 Å². The fourth-order valence-corrected chi connectivity index (χ4v) is 7.24. The third-order valence-electron chi connectivity index (χ3n) is 8.43. The standard InChI is InChI=1S/C26H36O4/c1-6-29-22(27)26(23(28)30-7-2)15-20-21-19(12-13-24(20,3)4)18-11-9-8-10-17(18)14-25(21,5)16-26/h8-11,19-21H,6-7,12-16H2,1-5H3/t19-,20-,21+,25-/m1/s1. The van der Waals surface area contributed by atoms with Crippen molar-refractivity contribution in [2.75, 3.05) is 13.2 Å². The Morgan fingerprint density at radius 3 is 2.30 bits per heavy atom. The lowest BCUT2D eigenvalue weighted by Crippen LogP contribution is -2.61. The zero-order valence-electron chi connectivity index (χ0n) is 19.1. The van der Waals surface area contributed by atoms with Crippen molar-refractivity contribution < 1.29 is 19.1 Å². The molecule has 1 aromatic rings. The molecule has 0 amide bonds. The van der Waals surface area contributed by atoms with E-state index in [1.54, 1.807) is 0 Å². The first kappa shape index (κ1) is 21.4. The molecule has 1 aromatic carbocycles. The predicted molar refractivity (Wildman–Crippen MR) is 116 cm³/mol. The highest BCUT2D eigenvalue weighted by Crippen LogP contribution is 2.68. The van der Waals surface area contributed by atoms with Crippen LogP contribution >= 0.6 is 0 Å². The summed E-state index contributed by atoms with van der Waals surface area (Å²) >= 11 is 0. The van der Waals surface area contributed by atoms with Crippen LogP contribution in [0.25, 0.3) is 0 Å². The van der Waals surface area contributed by atoms with Crippen molar-refractivity contribution in [1.29, 1.82) is 0 Å². The van der Waals surface area contributed by atoms with E-state index in [2.05, 4.69) is 45.0 Å². The lowest BCUT2D eigenvalue weighted by Gasteiger charge is -2.63. The highest BCUT2D eigenvalue weighted by atomic mass is 16.6. The summed E-state index contributed by atoms with van der Waals surface area (Å²) in [5.41, 5.74) is 1.59. The van der Waals surface area contributed by atoms with E-state index in [9.17, 15) is 9.59 Å². The number of carbonyl (C=O) groups is 2. The van der Waals surface area contributed by atoms with Gasteiger partial charge in [0.05, 0.1) is 13.2 Å². The van der Waals surface area contributed by atoms with Gasteiger partial charge in [-0.2, -0.15) is 0 Å². The van der Waals surface area contributed by atoms with E-state index in [0.717, 1.165) is 12.8 Å². The van der Waals surface area contributed by atoms with E-state index < -0.39 is 5.41 Å². The molecule has 0 saturated heterocycles. The van der Waals surface area contributed by atoms with E-state index in [-0.39, 0.29) is 41.9 Å². The maximum Gasteiger partial charge on any atom is 0.323 e. The number of carbonyl (C=O) groups excluding carboxylic acids is 2. The van der Waals surface area contributed by atoms with Crippen molar-refractivity contribution in [3.8, 4) is 0 Å². The van der Waals surface area contributed by atoms with Crippen LogP contribution in [-0.4, -0.2) is 25.2 Å². The Kier molecular flexibility index (Phi) is 5.27. The zero-order valence-corrected chi connectivity index (χ0v) is 19.1. The monoisotopic (exact) mass is 412 g/mol. The summed E-state index contributed by atoms with van der Waals surface area (Å²) in [6.45, 7) is 11.1. The Balaban J connectivity index is 1.86. The quantitative estimate of drug-likeness (QED) is 0.498. The summed E-state index contributed by atoms with van der Waals surface area (Å²) in [5, 5.41) is 0. The first-order valence-electron chi connectivity index (χ1n) is 11.6. The molecule has 0 aliphatic heterocycles. The minimum Gasteiger partial charge on any atom is -0.465 e. The highest BCUT2D eigenvalue weighted by Gasteiger charge is 2.66. The first-order chi connectivity index (χ1) is 14.2. The summed E-state index contributed by atoms with van der Waals surface area (Å²) in [6, 6.07) is 8.80. The lowest BCUT2D eigenvalue weighted by molar-refractivity contribution is -0.192. The van der Waals surface area contributed by atoms with Crippen molar-refractivity contribution in [3.05, 3.63) is 35.4 Å². The van der Waals surface area contributed by atoms with Gasteiger partial charge in [0.15, 0.2) is 5.41 Å². The molecular formula is C26H36O4. The van der Waals surface area contributed by atoms with Gasteiger partial charge in [0.2, 0.25) is 0 Å². The molecule has 4 atom stereocenters. The van der Waals surface area contributed by atoms with Crippen molar-refractivity contribution in [2.45, 2.75) is 72.6 Å². The fourth-order valence-electron chi connectivity index (χ4n) is 7.24. The van der Waals surface area contributed by atoms with Crippen LogP contribution in [0.4, 0.5) is 0 Å². The molecule has 30 heavy (non-hydrogen) atoms. The number of hydrogen-bond donors (Lipinski definition) is 0. The normalized spacial score (nSPS) is 33.0. The second-order valence-corrected chi connectivity index (χ2v) is 10.7. The Hall–Kier alpha value is -1.84. The van der Waals surface area contributed by atoms with E-state index >= 15 is 0 Å². The first-order valence-corrected chi connectivity index (χ1v) is 11.6. The third-order valence-corrected chi connectivity index (χ3v) is 8.43. The topological polar surface area (TPSA) is 52.6 Å². The third kappa shape index (κ3) is 3.09. The van der Waals surface area contributed by atoms with Gasteiger partial charge in [0.25, 0.3) is 0 Å². The Morgan fingerprint density at radius 1 is 1.03 bits per heavy atom. The Morgan fingerprint density at radius 2 is 1.67 bits per heavy atom. The molecular weight excluding hydrogens is 376 g/mol. The summed E-state index contributed by atoms with van der Waals surface area (Å²) in [5.74, 6) is 0.463. The minimum absolute atomic E-state index is 0.0688. The van der Waals surface area contributed by atoms with Gasteiger partial charge in [-0.1, -0.05) is 45.0 Å². The Labute approximate surface area is 180 Å². The van der Waals surface area contributed by atoms with Crippen molar-refractivity contribution >= 4 is 11.9 Å². The number of rotatable bonds is 4. The SMILES string of the molecule is CCOC(=O)C1(C(=O)OCC)C[C@@H]2[C@@H]3[C@H](CCC2(C)C)c2ccccc2C[C@]3(C)C1. The molecule has 0 N–H and O–H groups in total. The number of hydrogen-bond acceptors (Lipinski definition) is 4. The number of esters is 2. The summed E-state index contributed by atoms with van der Waals surface area (Å²) < 4.78 is 11.0. The smallest absolute Gasteiger partial charge is 0.323 e. The van der Waals surface area contributed by atoms with E-state index in [4.69, 9.17) is 9.47 Å². The molecule has 0 unspecified atom stereocenters. The highest BCUT2D eigenvalue weighted by molar-refractivity contribution is 6.00. The lowest BCUT2D eigenvalue weighted by atomic mass is 9.40. The average Bonchev–Trinajstić information content (AvgIpc) is 2.69. The van der Waals surface area contributed by atoms with Gasteiger partial charge in [0, 0.05) is 0 Å². The molecule has 3 aliphatic rings. The Bertz CT molecular complexity index is 823. The van der Waals surface area contributed by atoms with E-state index in [0.29, 0.717) is 24.7 Å². The molecule has 4 heteroatoms. The van der Waals surface area contributed by atoms with Crippen molar-refractivity contribution in [3.63, 3.8) is 0 Å². The van der Waals surface area contributed by atoms with Crippen LogP contribution in [0.1, 0.15) is 77.3 Å². The predicted octanol–water partition coefficient (Wildman–Crippen LogP) is 5.29. The summed E-state index contributed by atoms with van der Waals surface area (Å²) in [7, 11) is 0. The molecule has 2 saturated carbocycles. The van der Waals surface area contributed by atoms with Crippen LogP contribution in [-0.2, 0) is 25.5 Å². The maximum absolute atomic E-state index is 13.3. The van der Waals surface area contributed by atoms with Gasteiger partial charge >= 0.3 is 11.9 Å². The molecule has 0 bridgehead atoms. The number of benzene rings is 1. The average molecular weight is 413 g/mol. The van der Waals surface area contributed by atoms with Crippen LogP contribution in [0.3, 0.4) is 0 Å². The van der Waals surface area contributed by atoms with Gasteiger partial charge in [-0.3, -0.25) is 9.59 Å². The number of ether oxygens (including phenoxy) is 2. The number of fused-ring (bicyclic) bond motifs is 2. The molecule has 4 nitrogen and oxygen atoms in total. The molecule has 0 radical (unpaired) electrons. The van der Waals surface area contributed by atoms with Crippen LogP contribution in [0.2, 0.25) is 0 Å². The van der Waals surface area contributed by atoms with Crippen molar-refractivity contribution in [1.82, 2.24) is 0 Å². The molecule has 2 fully saturated rings. The molecule has 0 heterocycles. The summed E-state index contributed by atoms with van der Waals surface area (Å²) in [6.07, 6.45) is 4.23. The molecule has 0 aromatic heterocycles. The van der Waals surface area contributed by atoms with Crippen molar-refractivity contribution in [2.24, 2.45) is 28.1 Å². The van der Waals surface area contributed by atoms with E-state index in [1.807, 2.05) is 13.8 Å². The van der Waals surface area contributed by atoms with Gasteiger partial charge in [-0.05, 0) is 85.7 Å². The second kappa shape index (κ2) is 7.39. The van der Waals surface area contributed by atoms with Gasteiger partial charge in [-0.25, -0.2) is 0 Å². The van der Waals surface area contributed by atoms with Crippen LogP contribution in [0, 0.1) is 28.1 Å². The molecule has 164 valence electrons. The van der Waals surface area contributed by atoms with Gasteiger partial charge < -0.3 is 9.47 Å². The minimum atomic E-state index is -1.20. The summed E-state index contributed by atoms with van der Waals surface area (Å²) in [4.78, 5) is 26.7. The van der Waals surface area contributed by atoms with Gasteiger partial charge in [-0.15, -0.1) is 0 Å². The molecule has 4 rings (SSSR count). The van der Waals surface area contributed by atoms with Crippen LogP contribution in [0.5, 0.6) is 0 Å². The largest absolute Gasteiger partial charge is 0.465 e. The molecule has 3 aliphatic carbocycles. The zero-order chi connectivity index (χ0) is 21.7. The van der Waals surface area contributed by atoms with Crippen LogP contribution < -0.4 is 0 Å². The fraction of sp³-hybridized carbons (Fsp3) is 0.692. The second-order valence-electron chi connectivity index (χ2n) is 10.7. The molecule has 0 spiro atoms. The van der Waals surface area contributed by atoms with Gasteiger partial charge in [0.1, 0.15) is 0 Å². The maximum atomic E-state index is 13.3. The van der Waals surface area contributed by atoms with E-state index in [1.165, 1.54) is 17.5 Å².